The summed E-state index contributed by atoms with van der Waals surface area (Å²) in [5.41, 5.74) is 0.185. The molecule has 0 radical (unpaired) electrons. The van der Waals surface area contributed by atoms with Crippen LogP contribution in [0.1, 0.15) is 23.6 Å². The third-order valence-corrected chi connectivity index (χ3v) is 5.23. The molecule has 9 nitrogen and oxygen atoms in total. The van der Waals surface area contributed by atoms with Crippen LogP contribution in [0.25, 0.3) is 0 Å². The fourth-order valence-corrected chi connectivity index (χ4v) is 3.41. The van der Waals surface area contributed by atoms with Crippen molar-refractivity contribution >= 4 is 29.3 Å². The summed E-state index contributed by atoms with van der Waals surface area (Å²) in [6.45, 7) is 0.126. The van der Waals surface area contributed by atoms with Crippen molar-refractivity contribution in [3.8, 4) is 11.5 Å². The molecule has 10 heteroatoms. The summed E-state index contributed by atoms with van der Waals surface area (Å²) in [5.74, 6) is -1.07. The van der Waals surface area contributed by atoms with Gasteiger partial charge in [0.05, 0.1) is 26.1 Å². The van der Waals surface area contributed by atoms with Crippen molar-refractivity contribution in [2.75, 3.05) is 12.4 Å². The van der Waals surface area contributed by atoms with Gasteiger partial charge in [0.25, 0.3) is 5.56 Å². The molecule has 3 aromatic rings. The van der Waals surface area contributed by atoms with Crippen molar-refractivity contribution in [1.82, 2.24) is 9.88 Å². The molecule has 0 saturated heterocycles. The first kappa shape index (κ1) is 23.7. The first-order chi connectivity index (χ1) is 15.8. The maximum absolute atomic E-state index is 12.9. The summed E-state index contributed by atoms with van der Waals surface area (Å²) in [6, 6.07) is 13.1. The monoisotopic (exact) mass is 471 g/mol. The van der Waals surface area contributed by atoms with Crippen LogP contribution in [0.4, 0.5) is 10.5 Å². The molecule has 0 bridgehead atoms. The molecular formula is C23H22ClN3O6. The average molecular weight is 472 g/mol. The Bertz CT molecular complexity index is 1230. The summed E-state index contributed by atoms with van der Waals surface area (Å²) < 4.78 is 6.44. The number of carbonyl (C=O) groups excluding carboxylic acids is 1. The van der Waals surface area contributed by atoms with E-state index in [2.05, 4.69) is 10.6 Å². The minimum atomic E-state index is -1.13. The van der Waals surface area contributed by atoms with E-state index in [1.165, 1.54) is 23.9 Å². The van der Waals surface area contributed by atoms with E-state index in [1.807, 2.05) is 0 Å². The van der Waals surface area contributed by atoms with Gasteiger partial charge in [-0.25, -0.2) is 4.79 Å². The number of urea groups is 1. The van der Waals surface area contributed by atoms with Crippen LogP contribution in [-0.4, -0.2) is 33.9 Å². The van der Waals surface area contributed by atoms with E-state index in [4.69, 9.17) is 16.3 Å². The minimum absolute atomic E-state index is 0.126. The molecule has 2 aromatic carbocycles. The molecular weight excluding hydrogens is 450 g/mol. The normalized spacial score (nSPS) is 11.5. The van der Waals surface area contributed by atoms with Crippen LogP contribution in [0, 0.1) is 0 Å². The predicted molar refractivity (Wildman–Crippen MR) is 123 cm³/mol. The lowest BCUT2D eigenvalue weighted by Gasteiger charge is -2.19. The largest absolute Gasteiger partial charge is 0.505 e. The summed E-state index contributed by atoms with van der Waals surface area (Å²) in [4.78, 5) is 36.8. The van der Waals surface area contributed by atoms with Crippen LogP contribution < -0.4 is 20.9 Å². The Morgan fingerprint density at radius 2 is 1.91 bits per heavy atom. The smallest absolute Gasteiger partial charge is 0.319 e. The lowest BCUT2D eigenvalue weighted by Crippen LogP contribution is -2.36. The molecule has 1 aromatic heterocycles. The van der Waals surface area contributed by atoms with Gasteiger partial charge >= 0.3 is 12.0 Å². The molecule has 0 aliphatic carbocycles. The zero-order chi connectivity index (χ0) is 24.0. The highest BCUT2D eigenvalue weighted by atomic mass is 35.5. The number of rotatable bonds is 8. The van der Waals surface area contributed by atoms with Gasteiger partial charge in [-0.3, -0.25) is 9.59 Å². The van der Waals surface area contributed by atoms with Crippen LogP contribution in [-0.2, 0) is 11.3 Å². The van der Waals surface area contributed by atoms with Gasteiger partial charge in [-0.05, 0) is 35.4 Å². The van der Waals surface area contributed by atoms with Crippen molar-refractivity contribution in [3.63, 3.8) is 0 Å². The Morgan fingerprint density at radius 1 is 1.15 bits per heavy atom. The van der Waals surface area contributed by atoms with Crippen molar-refractivity contribution in [2.24, 2.45) is 0 Å². The van der Waals surface area contributed by atoms with Crippen LogP contribution >= 0.6 is 11.6 Å². The number of ether oxygens (including phenoxy) is 1. The summed E-state index contributed by atoms with van der Waals surface area (Å²) >= 11 is 6.16. The number of nitrogens with one attached hydrogen (secondary N) is 2. The number of aromatic nitrogens is 1. The zero-order valence-electron chi connectivity index (χ0n) is 17.6. The fraction of sp³-hybridized carbons (Fsp3) is 0.174. The third kappa shape index (κ3) is 6.05. The topological polar surface area (TPSA) is 130 Å². The zero-order valence-corrected chi connectivity index (χ0v) is 18.4. The van der Waals surface area contributed by atoms with Gasteiger partial charge in [0, 0.05) is 11.2 Å². The molecule has 0 aliphatic heterocycles. The number of anilines is 1. The van der Waals surface area contributed by atoms with E-state index < -0.39 is 35.8 Å². The second-order valence-electron chi connectivity index (χ2n) is 7.13. The molecule has 0 unspecified atom stereocenters. The molecule has 172 valence electrons. The molecule has 1 heterocycles. The number of methoxy groups -OCH3 is 1. The standard InChI is InChI=1S/C23H22ClN3O6/c1-33-16-7-4-6-14(11-16)18(12-20(29)30)25-23(32)26-21-19(28)9-10-27(22(21)31)13-15-5-2-3-8-17(15)24/h2-11,18,28H,12-13H2,1H3,(H,29,30)(H2,25,26,32)/t18-/m0/s1. The summed E-state index contributed by atoms with van der Waals surface area (Å²) in [5, 5.41) is 24.7. The molecule has 2 amide bonds. The van der Waals surface area contributed by atoms with Crippen LogP contribution in [0.15, 0.2) is 65.6 Å². The molecule has 4 N–H and O–H groups in total. The van der Waals surface area contributed by atoms with Gasteiger partial charge in [0.15, 0.2) is 5.69 Å². The number of benzene rings is 2. The van der Waals surface area contributed by atoms with Gasteiger partial charge in [0.2, 0.25) is 0 Å². The molecule has 0 saturated carbocycles. The first-order valence-corrected chi connectivity index (χ1v) is 10.3. The van der Waals surface area contributed by atoms with Gasteiger partial charge in [-0.15, -0.1) is 0 Å². The van der Waals surface area contributed by atoms with Gasteiger partial charge in [-0.1, -0.05) is 41.9 Å². The van der Waals surface area contributed by atoms with Crippen LogP contribution in [0.3, 0.4) is 0 Å². The molecule has 1 atom stereocenters. The third-order valence-electron chi connectivity index (χ3n) is 4.86. The van der Waals surface area contributed by atoms with E-state index >= 15 is 0 Å². The number of nitrogens with zero attached hydrogens (tertiary/aromatic N) is 1. The van der Waals surface area contributed by atoms with Crippen LogP contribution in [0.5, 0.6) is 11.5 Å². The molecule has 33 heavy (non-hydrogen) atoms. The lowest BCUT2D eigenvalue weighted by molar-refractivity contribution is -0.137. The first-order valence-electron chi connectivity index (χ1n) is 9.87. The Kier molecular flexibility index (Phi) is 7.57. The van der Waals surface area contributed by atoms with Gasteiger partial charge in [-0.2, -0.15) is 0 Å². The predicted octanol–water partition coefficient (Wildman–Crippen LogP) is 3.60. The second kappa shape index (κ2) is 10.6. The Labute approximate surface area is 194 Å². The fourth-order valence-electron chi connectivity index (χ4n) is 3.21. The Balaban J connectivity index is 1.82. The number of amides is 2. The molecule has 0 aliphatic rings. The minimum Gasteiger partial charge on any atom is -0.505 e. The number of halogens is 1. The highest BCUT2D eigenvalue weighted by Crippen LogP contribution is 2.23. The Hall–Kier alpha value is -3.98. The highest BCUT2D eigenvalue weighted by Gasteiger charge is 2.21. The highest BCUT2D eigenvalue weighted by molar-refractivity contribution is 6.31. The number of aliphatic carboxylic acids is 1. The number of pyridine rings is 1. The maximum atomic E-state index is 12.9. The van der Waals surface area contributed by atoms with Crippen molar-refractivity contribution in [1.29, 1.82) is 0 Å². The van der Waals surface area contributed by atoms with Crippen molar-refractivity contribution < 1.29 is 24.5 Å². The van der Waals surface area contributed by atoms with E-state index in [0.29, 0.717) is 21.9 Å². The molecule has 3 rings (SSSR count). The van der Waals surface area contributed by atoms with E-state index in [9.17, 15) is 24.6 Å². The number of carbonyl (C=O) groups is 2. The summed E-state index contributed by atoms with van der Waals surface area (Å²) in [7, 11) is 1.47. The number of carboxylic acids is 1. The molecule has 0 spiro atoms. The number of aromatic hydroxyl groups is 1. The summed E-state index contributed by atoms with van der Waals surface area (Å²) in [6.07, 6.45) is 0.978. The van der Waals surface area contributed by atoms with Gasteiger partial charge in [0.1, 0.15) is 11.5 Å². The van der Waals surface area contributed by atoms with Crippen molar-refractivity contribution in [2.45, 2.75) is 19.0 Å². The number of hydrogen-bond donors (Lipinski definition) is 4. The quantitative estimate of drug-likeness (QED) is 0.397. The van der Waals surface area contributed by atoms with Crippen molar-refractivity contribution in [3.05, 3.63) is 87.3 Å². The number of hydrogen-bond acceptors (Lipinski definition) is 5. The SMILES string of the molecule is COc1cccc([C@H](CC(=O)O)NC(=O)Nc2c(O)ccn(Cc3ccccc3Cl)c2=O)c1. The Morgan fingerprint density at radius 3 is 2.61 bits per heavy atom. The lowest BCUT2D eigenvalue weighted by atomic mass is 10.0. The van der Waals surface area contributed by atoms with Gasteiger partial charge < -0.3 is 30.2 Å². The van der Waals surface area contributed by atoms with Crippen LogP contribution in [0.2, 0.25) is 5.02 Å². The molecule has 0 fully saturated rings. The van der Waals surface area contributed by atoms with E-state index in [0.717, 1.165) is 0 Å². The second-order valence-corrected chi connectivity index (χ2v) is 7.53. The number of carboxylic acid groups (broad SMARTS) is 1. The van der Waals surface area contributed by atoms with E-state index in [-0.39, 0.29) is 12.2 Å². The maximum Gasteiger partial charge on any atom is 0.319 e. The van der Waals surface area contributed by atoms with E-state index in [1.54, 1.807) is 48.5 Å². The average Bonchev–Trinajstić information content (AvgIpc) is 2.79.